The second-order valence-corrected chi connectivity index (χ2v) is 13.5. The third-order valence-electron chi connectivity index (χ3n) is 7.33. The number of aromatic nitrogens is 1. The maximum Gasteiger partial charge on any atom is 0.272 e. The first-order chi connectivity index (χ1) is 23.6. The molecular formula is C37H33N5O5S2. The quantitative estimate of drug-likeness (QED) is 0.0517. The summed E-state index contributed by atoms with van der Waals surface area (Å²) in [6, 6.07) is 29.2. The molecule has 0 saturated heterocycles. The van der Waals surface area contributed by atoms with E-state index in [9.17, 15) is 24.5 Å². The molecule has 1 atom stereocenters. The Hall–Kier alpha value is -5.59. The van der Waals surface area contributed by atoms with E-state index >= 15 is 0 Å². The van der Waals surface area contributed by atoms with Gasteiger partial charge in [0.05, 0.1) is 15.9 Å². The zero-order valence-corrected chi connectivity index (χ0v) is 28.6. The number of carbonyl (C=O) groups is 3. The van der Waals surface area contributed by atoms with Crippen LogP contribution in [0.5, 0.6) is 0 Å². The van der Waals surface area contributed by atoms with Gasteiger partial charge < -0.3 is 16.0 Å². The summed E-state index contributed by atoms with van der Waals surface area (Å²) in [7, 11) is 0. The van der Waals surface area contributed by atoms with Gasteiger partial charge in [0, 0.05) is 38.7 Å². The summed E-state index contributed by atoms with van der Waals surface area (Å²) in [5.74, 6) is -1.27. The number of hydrogen-bond donors (Lipinski definition) is 3. The normalized spacial score (nSPS) is 11.8. The first kappa shape index (κ1) is 34.7. The van der Waals surface area contributed by atoms with Crippen LogP contribution in [-0.2, 0) is 9.59 Å². The minimum absolute atomic E-state index is 0.0599. The summed E-state index contributed by atoms with van der Waals surface area (Å²) >= 11 is 2.79. The van der Waals surface area contributed by atoms with Gasteiger partial charge in [0.1, 0.15) is 5.70 Å². The molecule has 248 valence electrons. The molecule has 0 bridgehead atoms. The van der Waals surface area contributed by atoms with Crippen molar-refractivity contribution in [1.29, 1.82) is 0 Å². The number of nitrogens with zero attached hydrogens (tertiary/aromatic N) is 2. The topological polar surface area (TPSA) is 143 Å². The molecule has 1 unspecified atom stereocenters. The Labute approximate surface area is 291 Å². The summed E-state index contributed by atoms with van der Waals surface area (Å²) in [6.07, 6.45) is 2.00. The Balaban J connectivity index is 1.29. The maximum atomic E-state index is 13.5. The average molecular weight is 692 g/mol. The SMILES string of the molecule is CCC(Sc1cccc(NC(=O)/C(=C\c2ccc([N+](=O)[O-])cc2)NC(=O)c2ccccc2)c1)C(=O)Nc1nc(-c2ccc(C)cc2)c(C)s1. The fourth-order valence-electron chi connectivity index (χ4n) is 4.75. The Morgan fingerprint density at radius 3 is 2.31 bits per heavy atom. The fraction of sp³-hybridized carbons (Fsp3) is 0.135. The number of nitro groups is 1. The van der Waals surface area contributed by atoms with E-state index in [1.165, 1.54) is 53.4 Å². The number of aryl methyl sites for hydroxylation is 2. The third-order valence-corrected chi connectivity index (χ3v) is 9.57. The Morgan fingerprint density at radius 2 is 1.63 bits per heavy atom. The van der Waals surface area contributed by atoms with Crippen LogP contribution in [0.15, 0.2) is 114 Å². The van der Waals surface area contributed by atoms with E-state index in [1.54, 1.807) is 48.5 Å². The van der Waals surface area contributed by atoms with E-state index < -0.39 is 22.0 Å². The van der Waals surface area contributed by atoms with Gasteiger partial charge in [0.2, 0.25) is 5.91 Å². The molecule has 0 spiro atoms. The Bertz CT molecular complexity index is 2010. The highest BCUT2D eigenvalue weighted by Gasteiger charge is 2.21. The van der Waals surface area contributed by atoms with Crippen molar-refractivity contribution < 1.29 is 19.3 Å². The van der Waals surface area contributed by atoms with Crippen LogP contribution in [0, 0.1) is 24.0 Å². The molecule has 0 aliphatic heterocycles. The number of benzene rings is 4. The van der Waals surface area contributed by atoms with Crippen molar-refractivity contribution in [1.82, 2.24) is 10.3 Å². The lowest BCUT2D eigenvalue weighted by molar-refractivity contribution is -0.384. The summed E-state index contributed by atoms with van der Waals surface area (Å²) in [5, 5.41) is 19.7. The highest BCUT2D eigenvalue weighted by atomic mass is 32.2. The van der Waals surface area contributed by atoms with E-state index in [0.29, 0.717) is 28.4 Å². The van der Waals surface area contributed by atoms with Gasteiger partial charge in [0.25, 0.3) is 17.5 Å². The van der Waals surface area contributed by atoms with Gasteiger partial charge in [-0.3, -0.25) is 24.5 Å². The molecule has 10 nitrogen and oxygen atoms in total. The van der Waals surface area contributed by atoms with Gasteiger partial charge in [-0.25, -0.2) is 4.98 Å². The number of thiazole rings is 1. The van der Waals surface area contributed by atoms with Crippen molar-refractivity contribution in [2.45, 2.75) is 37.3 Å². The van der Waals surface area contributed by atoms with Crippen molar-refractivity contribution >= 4 is 63.4 Å². The summed E-state index contributed by atoms with van der Waals surface area (Å²) in [5.41, 5.74) is 4.11. The van der Waals surface area contributed by atoms with E-state index in [4.69, 9.17) is 0 Å². The van der Waals surface area contributed by atoms with Gasteiger partial charge in [-0.15, -0.1) is 23.1 Å². The average Bonchev–Trinajstić information content (AvgIpc) is 3.47. The highest BCUT2D eigenvalue weighted by Crippen LogP contribution is 2.33. The number of hydrogen-bond acceptors (Lipinski definition) is 8. The molecule has 3 amide bonds. The summed E-state index contributed by atoms with van der Waals surface area (Å²) in [6.45, 7) is 5.94. The molecule has 0 fully saturated rings. The first-order valence-electron chi connectivity index (χ1n) is 15.4. The van der Waals surface area contributed by atoms with E-state index in [2.05, 4.69) is 20.9 Å². The second kappa shape index (κ2) is 16.0. The summed E-state index contributed by atoms with van der Waals surface area (Å²) in [4.78, 5) is 56.9. The second-order valence-electron chi connectivity index (χ2n) is 11.0. The van der Waals surface area contributed by atoms with Crippen LogP contribution in [0.2, 0.25) is 0 Å². The molecule has 0 aliphatic rings. The largest absolute Gasteiger partial charge is 0.321 e. The van der Waals surface area contributed by atoms with Gasteiger partial charge in [-0.1, -0.05) is 61.0 Å². The van der Waals surface area contributed by atoms with Gasteiger partial charge in [-0.05, 0) is 74.4 Å². The minimum Gasteiger partial charge on any atom is -0.321 e. The molecule has 49 heavy (non-hydrogen) atoms. The standard InChI is InChI=1S/C37H33N5O5S2/c1-4-32(36(45)41-37-40-33(24(3)48-37)26-17-13-23(2)14-18-26)49-30-12-8-11-28(22-30)38-35(44)31(39-34(43)27-9-6-5-7-10-27)21-25-15-19-29(20-16-25)42(46)47/h5-22,32H,4H2,1-3H3,(H,38,44)(H,39,43)(H,40,41,45)/b31-21+. The Kier molecular flexibility index (Phi) is 11.3. The smallest absolute Gasteiger partial charge is 0.272 e. The first-order valence-corrected chi connectivity index (χ1v) is 17.0. The van der Waals surface area contributed by atoms with Crippen molar-refractivity contribution in [2.75, 3.05) is 10.6 Å². The number of non-ortho nitro benzene ring substituents is 1. The van der Waals surface area contributed by atoms with E-state index in [-0.39, 0.29) is 17.3 Å². The van der Waals surface area contributed by atoms with Crippen LogP contribution in [0.4, 0.5) is 16.5 Å². The van der Waals surface area contributed by atoms with Crippen LogP contribution < -0.4 is 16.0 Å². The van der Waals surface area contributed by atoms with Gasteiger partial charge in [0.15, 0.2) is 5.13 Å². The number of amides is 3. The molecular weight excluding hydrogens is 659 g/mol. The van der Waals surface area contributed by atoms with Gasteiger partial charge in [-0.2, -0.15) is 0 Å². The van der Waals surface area contributed by atoms with Crippen molar-refractivity contribution in [2.24, 2.45) is 0 Å². The van der Waals surface area contributed by atoms with E-state index in [1.807, 2.05) is 51.1 Å². The Morgan fingerprint density at radius 1 is 0.918 bits per heavy atom. The predicted octanol–water partition coefficient (Wildman–Crippen LogP) is 8.25. The van der Waals surface area contributed by atoms with Crippen LogP contribution in [0.3, 0.4) is 0 Å². The predicted molar refractivity (Wildman–Crippen MR) is 196 cm³/mol. The molecule has 4 aromatic carbocycles. The molecule has 1 aromatic heterocycles. The van der Waals surface area contributed by atoms with E-state index in [0.717, 1.165) is 26.6 Å². The minimum atomic E-state index is -0.599. The number of nitrogens with one attached hydrogen (secondary N) is 3. The van der Waals surface area contributed by atoms with Gasteiger partial charge >= 0.3 is 0 Å². The number of rotatable bonds is 12. The molecule has 5 aromatic rings. The molecule has 12 heteroatoms. The zero-order valence-electron chi connectivity index (χ0n) is 26.9. The van der Waals surface area contributed by atoms with Crippen molar-refractivity contribution in [3.63, 3.8) is 0 Å². The molecule has 0 aliphatic carbocycles. The molecule has 5 rings (SSSR count). The molecule has 3 N–H and O–H groups in total. The molecule has 0 saturated carbocycles. The van der Waals surface area contributed by atoms with Crippen LogP contribution >= 0.6 is 23.1 Å². The van der Waals surface area contributed by atoms with Crippen molar-refractivity contribution in [3.8, 4) is 11.3 Å². The zero-order chi connectivity index (χ0) is 34.9. The summed E-state index contributed by atoms with van der Waals surface area (Å²) < 4.78 is 0. The fourth-order valence-corrected chi connectivity index (χ4v) is 6.60. The molecule has 1 heterocycles. The third kappa shape index (κ3) is 9.28. The lowest BCUT2D eigenvalue weighted by atomic mass is 10.1. The van der Waals surface area contributed by atoms with Crippen LogP contribution in [0.25, 0.3) is 17.3 Å². The lowest BCUT2D eigenvalue weighted by Gasteiger charge is -2.15. The number of thioether (sulfide) groups is 1. The highest BCUT2D eigenvalue weighted by molar-refractivity contribution is 8.00. The lowest BCUT2D eigenvalue weighted by Crippen LogP contribution is -2.30. The molecule has 0 radical (unpaired) electrons. The van der Waals surface area contributed by atoms with Crippen LogP contribution in [-0.4, -0.2) is 32.9 Å². The van der Waals surface area contributed by atoms with Crippen LogP contribution in [0.1, 0.15) is 39.7 Å². The number of anilines is 2. The monoisotopic (exact) mass is 691 g/mol. The maximum absolute atomic E-state index is 13.5. The van der Waals surface area contributed by atoms with Crippen molar-refractivity contribution in [3.05, 3.63) is 141 Å². The number of nitro benzene ring substituents is 1. The number of carbonyl (C=O) groups excluding carboxylic acids is 3.